The van der Waals surface area contributed by atoms with Gasteiger partial charge in [-0.3, -0.25) is 0 Å². The Bertz CT molecular complexity index is 437. The van der Waals surface area contributed by atoms with E-state index in [-0.39, 0.29) is 0 Å². The van der Waals surface area contributed by atoms with Gasteiger partial charge in [0.15, 0.2) is 0 Å². The molecular weight excluding hydrogens is 222 g/mol. The molecule has 1 heterocycles. The third-order valence-electron chi connectivity index (χ3n) is 3.70. The highest BCUT2D eigenvalue weighted by Gasteiger charge is 2.20. The molecule has 0 radical (unpaired) electrons. The number of likely N-dealkylation sites (N-methyl/N-ethyl adjacent to an activating group) is 1. The summed E-state index contributed by atoms with van der Waals surface area (Å²) in [5, 5.41) is 3.59. The molecule has 1 N–H and O–H groups in total. The van der Waals surface area contributed by atoms with Gasteiger partial charge in [0, 0.05) is 0 Å². The molecule has 1 aliphatic heterocycles. The second kappa shape index (κ2) is 6.05. The van der Waals surface area contributed by atoms with Gasteiger partial charge in [-0.2, -0.15) is 0 Å². The van der Waals surface area contributed by atoms with Crippen molar-refractivity contribution in [1.82, 2.24) is 5.32 Å². The van der Waals surface area contributed by atoms with E-state index < -0.39 is 0 Å². The number of ether oxygens (including phenoxy) is 1. The Balaban J connectivity index is 2.34. The van der Waals surface area contributed by atoms with Crippen molar-refractivity contribution in [2.75, 3.05) is 13.2 Å². The summed E-state index contributed by atoms with van der Waals surface area (Å²) in [7, 11) is 0. The molecule has 1 atom stereocenters. The molecule has 0 saturated carbocycles. The first kappa shape index (κ1) is 13.2. The van der Waals surface area contributed by atoms with E-state index in [0.717, 1.165) is 26.0 Å². The van der Waals surface area contributed by atoms with Crippen LogP contribution < -0.4 is 5.32 Å². The Labute approximate surface area is 110 Å². The third-order valence-corrected chi connectivity index (χ3v) is 3.70. The molecule has 0 amide bonds. The van der Waals surface area contributed by atoms with Crippen LogP contribution in [0.1, 0.15) is 42.5 Å². The van der Waals surface area contributed by atoms with Gasteiger partial charge in [-0.15, -0.1) is 0 Å². The number of hydrogen-bond donors (Lipinski definition) is 1. The summed E-state index contributed by atoms with van der Waals surface area (Å²) in [6.45, 7) is 8.36. The highest BCUT2D eigenvalue weighted by molar-refractivity contribution is 5.39. The molecular formula is C16H23NO. The van der Waals surface area contributed by atoms with Crippen LogP contribution in [-0.2, 0) is 4.74 Å². The SMILES string of the molecule is CCNC(C1=COCCC1)c1cccc(C)c1C. The smallest absolute Gasteiger partial charge is 0.0876 e. The molecule has 1 aromatic rings. The van der Waals surface area contributed by atoms with Gasteiger partial charge in [0.25, 0.3) is 0 Å². The molecule has 0 aromatic heterocycles. The Hall–Kier alpha value is -1.28. The number of benzene rings is 1. The van der Waals surface area contributed by atoms with Crippen molar-refractivity contribution >= 4 is 0 Å². The molecule has 1 aliphatic rings. The summed E-state index contributed by atoms with van der Waals surface area (Å²) in [4.78, 5) is 0. The zero-order valence-corrected chi connectivity index (χ0v) is 11.6. The van der Waals surface area contributed by atoms with Crippen LogP contribution in [0.3, 0.4) is 0 Å². The minimum absolute atomic E-state index is 0.301. The van der Waals surface area contributed by atoms with Gasteiger partial charge in [-0.25, -0.2) is 0 Å². The second-order valence-electron chi connectivity index (χ2n) is 4.95. The van der Waals surface area contributed by atoms with E-state index in [0.29, 0.717) is 6.04 Å². The summed E-state index contributed by atoms with van der Waals surface area (Å²) in [5.41, 5.74) is 5.49. The average Bonchev–Trinajstić information content (AvgIpc) is 2.41. The number of hydrogen-bond acceptors (Lipinski definition) is 2. The molecule has 2 nitrogen and oxygen atoms in total. The van der Waals surface area contributed by atoms with Gasteiger partial charge in [0.2, 0.25) is 0 Å². The van der Waals surface area contributed by atoms with Crippen LogP contribution in [0.5, 0.6) is 0 Å². The van der Waals surface area contributed by atoms with Gasteiger partial charge in [0.05, 0.1) is 18.9 Å². The van der Waals surface area contributed by atoms with Crippen molar-refractivity contribution in [1.29, 1.82) is 0 Å². The van der Waals surface area contributed by atoms with Crippen LogP contribution in [0, 0.1) is 13.8 Å². The van der Waals surface area contributed by atoms with Crippen molar-refractivity contribution in [2.24, 2.45) is 0 Å². The Morgan fingerprint density at radius 2 is 2.17 bits per heavy atom. The van der Waals surface area contributed by atoms with Gasteiger partial charge >= 0.3 is 0 Å². The molecule has 0 saturated heterocycles. The van der Waals surface area contributed by atoms with E-state index in [1.165, 1.54) is 22.3 Å². The van der Waals surface area contributed by atoms with E-state index in [4.69, 9.17) is 4.74 Å². The predicted octanol–water partition coefficient (Wildman–Crippen LogP) is 3.65. The van der Waals surface area contributed by atoms with Gasteiger partial charge in [-0.1, -0.05) is 25.1 Å². The van der Waals surface area contributed by atoms with E-state index in [9.17, 15) is 0 Å². The molecule has 0 aliphatic carbocycles. The molecule has 2 heteroatoms. The molecule has 18 heavy (non-hydrogen) atoms. The van der Waals surface area contributed by atoms with Crippen molar-refractivity contribution in [2.45, 2.75) is 39.7 Å². The zero-order valence-electron chi connectivity index (χ0n) is 11.6. The average molecular weight is 245 g/mol. The molecule has 0 spiro atoms. The van der Waals surface area contributed by atoms with Crippen molar-refractivity contribution < 1.29 is 4.74 Å². The first-order valence-corrected chi connectivity index (χ1v) is 6.84. The number of aryl methyl sites for hydroxylation is 1. The minimum Gasteiger partial charge on any atom is -0.501 e. The van der Waals surface area contributed by atoms with Crippen LogP contribution in [0.25, 0.3) is 0 Å². The summed E-state index contributed by atoms with van der Waals surface area (Å²) in [6, 6.07) is 6.85. The maximum atomic E-state index is 5.50. The second-order valence-corrected chi connectivity index (χ2v) is 4.95. The number of rotatable bonds is 4. The van der Waals surface area contributed by atoms with Gasteiger partial charge in [-0.05, 0) is 55.5 Å². The molecule has 0 bridgehead atoms. The molecule has 2 rings (SSSR count). The maximum absolute atomic E-state index is 5.50. The van der Waals surface area contributed by atoms with Crippen LogP contribution >= 0.6 is 0 Å². The fourth-order valence-electron chi connectivity index (χ4n) is 2.53. The predicted molar refractivity (Wildman–Crippen MR) is 75.6 cm³/mol. The van der Waals surface area contributed by atoms with E-state index >= 15 is 0 Å². The first-order chi connectivity index (χ1) is 8.74. The highest BCUT2D eigenvalue weighted by Crippen LogP contribution is 2.30. The summed E-state index contributed by atoms with van der Waals surface area (Å²) in [5.74, 6) is 0. The Morgan fingerprint density at radius 1 is 1.33 bits per heavy atom. The van der Waals surface area contributed by atoms with Gasteiger partial charge in [0.1, 0.15) is 0 Å². The fourth-order valence-corrected chi connectivity index (χ4v) is 2.53. The largest absolute Gasteiger partial charge is 0.501 e. The van der Waals surface area contributed by atoms with Gasteiger partial charge < -0.3 is 10.1 Å². The lowest BCUT2D eigenvalue weighted by Crippen LogP contribution is -2.25. The van der Waals surface area contributed by atoms with Crippen molar-refractivity contribution in [3.05, 3.63) is 46.7 Å². The van der Waals surface area contributed by atoms with Crippen molar-refractivity contribution in [3.63, 3.8) is 0 Å². The summed E-state index contributed by atoms with van der Waals surface area (Å²) >= 11 is 0. The quantitative estimate of drug-likeness (QED) is 0.874. The minimum atomic E-state index is 0.301. The lowest BCUT2D eigenvalue weighted by molar-refractivity contribution is 0.219. The monoisotopic (exact) mass is 245 g/mol. The Morgan fingerprint density at radius 3 is 2.83 bits per heavy atom. The maximum Gasteiger partial charge on any atom is 0.0876 e. The van der Waals surface area contributed by atoms with E-state index in [1.807, 2.05) is 6.26 Å². The van der Waals surface area contributed by atoms with Crippen LogP contribution in [0.15, 0.2) is 30.0 Å². The molecule has 1 aromatic carbocycles. The number of nitrogens with one attached hydrogen (secondary N) is 1. The lowest BCUT2D eigenvalue weighted by Gasteiger charge is -2.26. The molecule has 1 unspecified atom stereocenters. The van der Waals surface area contributed by atoms with Crippen LogP contribution in [0.2, 0.25) is 0 Å². The van der Waals surface area contributed by atoms with Crippen LogP contribution in [0.4, 0.5) is 0 Å². The summed E-state index contributed by atoms with van der Waals surface area (Å²) < 4.78 is 5.50. The highest BCUT2D eigenvalue weighted by atomic mass is 16.5. The van der Waals surface area contributed by atoms with Crippen molar-refractivity contribution in [3.8, 4) is 0 Å². The molecule has 98 valence electrons. The summed E-state index contributed by atoms with van der Waals surface area (Å²) in [6.07, 6.45) is 4.21. The van der Waals surface area contributed by atoms with Crippen LogP contribution in [-0.4, -0.2) is 13.2 Å². The third kappa shape index (κ3) is 2.75. The topological polar surface area (TPSA) is 21.3 Å². The Kier molecular flexibility index (Phi) is 4.43. The fraction of sp³-hybridized carbons (Fsp3) is 0.500. The lowest BCUT2D eigenvalue weighted by atomic mass is 9.90. The molecule has 0 fully saturated rings. The zero-order chi connectivity index (χ0) is 13.0. The van der Waals surface area contributed by atoms with E-state index in [1.54, 1.807) is 0 Å². The first-order valence-electron chi connectivity index (χ1n) is 6.84. The van der Waals surface area contributed by atoms with E-state index in [2.05, 4.69) is 44.3 Å². The standard InChI is InChI=1S/C16H23NO/c1-4-17-16(14-8-6-10-18-11-14)15-9-5-7-12(2)13(15)3/h5,7,9,11,16-17H,4,6,8,10H2,1-3H3. The normalized spacial score (nSPS) is 16.9.